The molecule has 0 aromatic carbocycles. The second kappa shape index (κ2) is 13.9. The van der Waals surface area contributed by atoms with Crippen LogP contribution in [0.3, 0.4) is 0 Å². The maximum Gasteiger partial charge on any atom is 0.00926 e. The number of hydrogen-bond acceptors (Lipinski definition) is 1. The summed E-state index contributed by atoms with van der Waals surface area (Å²) in [7, 11) is 0. The Hall–Kier alpha value is -0.110. The summed E-state index contributed by atoms with van der Waals surface area (Å²) in [5.41, 5.74) is 0. The van der Waals surface area contributed by atoms with E-state index in [4.69, 9.17) is 0 Å². The fourth-order valence-electron chi connectivity index (χ4n) is 3.44. The molecule has 0 aromatic heterocycles. The summed E-state index contributed by atoms with van der Waals surface area (Å²) in [6, 6.07) is 0.905. The number of rotatable bonds is 11. The molecule has 1 atom stereocenters. The molecule has 1 aliphatic rings. The van der Waals surface area contributed by atoms with E-state index in [1.54, 1.807) is 0 Å². The van der Waals surface area contributed by atoms with Crippen molar-refractivity contribution in [3.63, 3.8) is 0 Å². The van der Waals surface area contributed by atoms with Crippen molar-refractivity contribution in [3.05, 3.63) is 0 Å². The van der Waals surface area contributed by atoms with Gasteiger partial charge < -0.3 is 4.90 Å². The van der Waals surface area contributed by atoms with E-state index < -0.39 is 0 Å². The summed E-state index contributed by atoms with van der Waals surface area (Å²) >= 11 is 0. The molecule has 1 unspecified atom stereocenters. The lowest BCUT2D eigenvalue weighted by Gasteiger charge is -2.35. The van der Waals surface area contributed by atoms with Crippen molar-refractivity contribution in [2.45, 2.75) is 103 Å². The van der Waals surface area contributed by atoms with E-state index in [2.05, 4.69) is 18.7 Å². The second-order valence-corrected chi connectivity index (χ2v) is 6.42. The van der Waals surface area contributed by atoms with Gasteiger partial charge >= 0.3 is 0 Å². The third-order valence-corrected chi connectivity index (χ3v) is 4.77. The molecular weight excluding hydrogens is 249 g/mol. The highest BCUT2D eigenvalue weighted by molar-refractivity contribution is 4.75. The molecule has 0 bridgehead atoms. The van der Waals surface area contributed by atoms with Crippen LogP contribution in [0.2, 0.25) is 0 Å². The van der Waals surface area contributed by atoms with Crippen molar-refractivity contribution in [2.75, 3.05) is 13.1 Å². The van der Waals surface area contributed by atoms with Crippen LogP contribution in [0, 0.1) is 0 Å². The van der Waals surface area contributed by atoms with E-state index in [0.29, 0.717) is 0 Å². The second-order valence-electron chi connectivity index (χ2n) is 6.42. The van der Waals surface area contributed by atoms with Gasteiger partial charge in [-0.15, -0.1) is 0 Å². The van der Waals surface area contributed by atoms with Gasteiger partial charge in [-0.25, -0.2) is 0 Å². The molecule has 0 aromatic rings. The SMILES string of the molecule is CCCCCCCCCCCN1CCCCC1CC.F. The molecule has 2 heteroatoms. The normalized spacial score (nSPS) is 19.8. The lowest BCUT2D eigenvalue weighted by molar-refractivity contribution is 0.141. The monoisotopic (exact) mass is 287 g/mol. The van der Waals surface area contributed by atoms with E-state index in [1.165, 1.54) is 96.6 Å². The Morgan fingerprint density at radius 2 is 1.40 bits per heavy atom. The van der Waals surface area contributed by atoms with Crippen molar-refractivity contribution >= 4 is 0 Å². The third-order valence-electron chi connectivity index (χ3n) is 4.77. The van der Waals surface area contributed by atoms with Crippen LogP contribution in [0.15, 0.2) is 0 Å². The van der Waals surface area contributed by atoms with Crippen LogP contribution in [0.25, 0.3) is 0 Å². The zero-order valence-electron chi connectivity index (χ0n) is 14.0. The highest BCUT2D eigenvalue weighted by Gasteiger charge is 2.19. The number of unbranched alkanes of at least 4 members (excludes halogenated alkanes) is 8. The average molecular weight is 288 g/mol. The molecule has 0 spiro atoms. The maximum absolute atomic E-state index is 2.77. The molecule has 1 saturated heterocycles. The first kappa shape index (κ1) is 19.9. The van der Waals surface area contributed by atoms with Crippen LogP contribution in [0.1, 0.15) is 97.3 Å². The molecule has 0 amide bonds. The number of nitrogens with zero attached hydrogens (tertiary/aromatic N) is 1. The molecule has 0 aliphatic carbocycles. The lowest BCUT2D eigenvalue weighted by Crippen LogP contribution is -2.39. The molecular formula is C18H38FN. The highest BCUT2D eigenvalue weighted by atomic mass is 19.0. The predicted octanol–water partition coefficient (Wildman–Crippen LogP) is 5.93. The van der Waals surface area contributed by atoms with E-state index in [1.807, 2.05) is 0 Å². The van der Waals surface area contributed by atoms with E-state index in [9.17, 15) is 0 Å². The molecule has 122 valence electrons. The molecule has 20 heavy (non-hydrogen) atoms. The van der Waals surface area contributed by atoms with Crippen molar-refractivity contribution < 1.29 is 4.70 Å². The summed E-state index contributed by atoms with van der Waals surface area (Å²) in [5.74, 6) is 0. The van der Waals surface area contributed by atoms with Crippen LogP contribution >= 0.6 is 0 Å². The molecule has 1 aliphatic heterocycles. The standard InChI is InChI=1S/C18H37N.FH/c1-3-5-6-7-8-9-10-11-13-16-19-17-14-12-15-18(19)4-2;/h18H,3-17H2,1-2H3;1H. The smallest absolute Gasteiger partial charge is 0.00926 e. The van der Waals surface area contributed by atoms with Gasteiger partial charge in [0.1, 0.15) is 0 Å². The molecule has 1 heterocycles. The number of hydrogen-bond donors (Lipinski definition) is 0. The summed E-state index contributed by atoms with van der Waals surface area (Å²) in [6.07, 6.45) is 18.8. The number of piperidine rings is 1. The molecule has 0 N–H and O–H groups in total. The quantitative estimate of drug-likeness (QED) is 0.425. The van der Waals surface area contributed by atoms with E-state index in [-0.39, 0.29) is 4.70 Å². The topological polar surface area (TPSA) is 3.24 Å². The van der Waals surface area contributed by atoms with Gasteiger partial charge in [0.25, 0.3) is 0 Å². The third kappa shape index (κ3) is 8.94. The minimum absolute atomic E-state index is 0. The summed E-state index contributed by atoms with van der Waals surface area (Å²) in [4.78, 5) is 2.77. The van der Waals surface area contributed by atoms with Crippen molar-refractivity contribution in [1.82, 2.24) is 4.90 Å². The van der Waals surface area contributed by atoms with Crippen molar-refractivity contribution in [1.29, 1.82) is 0 Å². The largest absolute Gasteiger partial charge is 0.300 e. The Labute approximate surface area is 126 Å². The van der Waals surface area contributed by atoms with E-state index in [0.717, 1.165) is 6.04 Å². The van der Waals surface area contributed by atoms with Crippen LogP contribution in [-0.2, 0) is 0 Å². The fourth-order valence-corrected chi connectivity index (χ4v) is 3.44. The Morgan fingerprint density at radius 1 is 0.800 bits per heavy atom. The first-order valence-electron chi connectivity index (χ1n) is 9.12. The first-order valence-corrected chi connectivity index (χ1v) is 9.12. The van der Waals surface area contributed by atoms with Gasteiger partial charge in [0.05, 0.1) is 0 Å². The van der Waals surface area contributed by atoms with Gasteiger partial charge in [0, 0.05) is 6.04 Å². The maximum atomic E-state index is 2.77. The zero-order chi connectivity index (χ0) is 13.8. The van der Waals surface area contributed by atoms with Gasteiger partial charge in [0.15, 0.2) is 0 Å². The average Bonchev–Trinajstić information content (AvgIpc) is 2.46. The Balaban J connectivity index is 0.00000361. The Bertz CT molecular complexity index is 196. The predicted molar refractivity (Wildman–Crippen MR) is 89.2 cm³/mol. The van der Waals surface area contributed by atoms with Gasteiger partial charge in [-0.05, 0) is 38.8 Å². The van der Waals surface area contributed by atoms with Gasteiger partial charge in [-0.1, -0.05) is 71.6 Å². The van der Waals surface area contributed by atoms with Crippen LogP contribution < -0.4 is 0 Å². The highest BCUT2D eigenvalue weighted by Crippen LogP contribution is 2.20. The number of likely N-dealkylation sites (tertiary alicyclic amines) is 1. The lowest BCUT2D eigenvalue weighted by atomic mass is 9.99. The van der Waals surface area contributed by atoms with E-state index >= 15 is 0 Å². The van der Waals surface area contributed by atoms with Crippen LogP contribution in [0.4, 0.5) is 4.70 Å². The van der Waals surface area contributed by atoms with Crippen LogP contribution in [-0.4, -0.2) is 24.0 Å². The summed E-state index contributed by atoms with van der Waals surface area (Å²) in [6.45, 7) is 7.40. The minimum atomic E-state index is 0. The fraction of sp³-hybridized carbons (Fsp3) is 1.00. The summed E-state index contributed by atoms with van der Waals surface area (Å²) < 4.78 is 0. The Morgan fingerprint density at radius 3 is 2.00 bits per heavy atom. The first-order chi connectivity index (χ1) is 9.38. The van der Waals surface area contributed by atoms with Crippen molar-refractivity contribution in [2.24, 2.45) is 0 Å². The molecule has 0 saturated carbocycles. The van der Waals surface area contributed by atoms with Gasteiger partial charge in [-0.2, -0.15) is 0 Å². The van der Waals surface area contributed by atoms with Gasteiger partial charge in [-0.3, -0.25) is 4.70 Å². The molecule has 1 nitrogen and oxygen atoms in total. The molecule has 1 rings (SSSR count). The zero-order valence-corrected chi connectivity index (χ0v) is 14.0. The molecule has 1 fully saturated rings. The van der Waals surface area contributed by atoms with Gasteiger partial charge in [0.2, 0.25) is 0 Å². The van der Waals surface area contributed by atoms with Crippen molar-refractivity contribution in [3.8, 4) is 0 Å². The summed E-state index contributed by atoms with van der Waals surface area (Å²) in [5, 5.41) is 0. The Kier molecular flexibility index (Phi) is 13.8. The molecule has 0 radical (unpaired) electrons. The van der Waals surface area contributed by atoms with Crippen LogP contribution in [0.5, 0.6) is 0 Å². The number of halogens is 1. The minimum Gasteiger partial charge on any atom is -0.300 e.